The van der Waals surface area contributed by atoms with Crippen LogP contribution >= 0.6 is 47.1 Å². The molecule has 1 saturated heterocycles. The first-order valence-corrected chi connectivity index (χ1v) is 13.1. The molecule has 7 N–H and O–H groups in total. The number of nitrogen functional groups attached to an aromatic ring is 2. The lowest BCUT2D eigenvalue weighted by Gasteiger charge is -2.22. The SMILES string of the molecule is CC[C@H]1O[C@@H](n2c(=S)sc3c(=O)[nH]c(N)nc32)[C@H](OC(C)=O)[C@@H]1C.Nc1nc2[nH]c(=S)sc2c(=O)[nH]1. The van der Waals surface area contributed by atoms with Gasteiger partial charge in [0.15, 0.2) is 31.5 Å². The van der Waals surface area contributed by atoms with E-state index >= 15 is 0 Å². The highest BCUT2D eigenvalue weighted by Gasteiger charge is 2.45. The standard InChI is InChI=1S/C14H18N4O4S2.C5H4N4OS2/c1-4-7-5(2)8(21-6(3)19)12(22-7)18-10-9(24-14(18)23)11(20)17-13(15)16-10;6-4-7-2-1(3(10)9-4)12-5(11)8-2/h5,7-8,12H,4H2,1-3H3,(H3,15,16,17,20);(H4,6,7,8,9,10,11)/t5-,7-,8-,12-;/m1./s1. The average molecular weight is 571 g/mol. The van der Waals surface area contributed by atoms with Gasteiger partial charge < -0.3 is 25.9 Å². The van der Waals surface area contributed by atoms with Gasteiger partial charge >= 0.3 is 5.97 Å². The Balaban J connectivity index is 0.000000211. The van der Waals surface area contributed by atoms with E-state index in [0.717, 1.165) is 17.8 Å². The Bertz CT molecular complexity index is 1680. The lowest BCUT2D eigenvalue weighted by Crippen LogP contribution is -2.30. The van der Waals surface area contributed by atoms with Crippen molar-refractivity contribution in [1.29, 1.82) is 0 Å². The van der Waals surface area contributed by atoms with E-state index in [1.807, 2.05) is 13.8 Å². The molecule has 5 heterocycles. The number of carbonyl (C=O) groups is 1. The number of H-pyrrole nitrogens is 3. The summed E-state index contributed by atoms with van der Waals surface area (Å²) in [6.07, 6.45) is -0.473. The topological polar surface area (TPSA) is 200 Å². The molecular formula is C19H22N8O5S4. The molecule has 0 spiro atoms. The predicted octanol–water partition coefficient (Wildman–Crippen LogP) is 2.60. The molecule has 4 aromatic heterocycles. The number of hydrogen-bond donors (Lipinski definition) is 5. The molecule has 1 aliphatic rings. The normalized spacial score (nSPS) is 21.4. The highest BCUT2D eigenvalue weighted by molar-refractivity contribution is 7.74. The molecule has 0 unspecified atom stereocenters. The number of aromatic nitrogens is 6. The summed E-state index contributed by atoms with van der Waals surface area (Å²) in [4.78, 5) is 50.4. The number of fused-ring (bicyclic) bond motifs is 2. The summed E-state index contributed by atoms with van der Waals surface area (Å²) < 4.78 is 15.0. The molecule has 36 heavy (non-hydrogen) atoms. The fraction of sp³-hybridized carbons (Fsp3) is 0.421. The molecule has 4 atom stereocenters. The Morgan fingerprint density at radius 1 is 1.11 bits per heavy atom. The van der Waals surface area contributed by atoms with Crippen LogP contribution in [-0.2, 0) is 14.3 Å². The molecule has 0 aromatic carbocycles. The first kappa shape index (κ1) is 26.1. The van der Waals surface area contributed by atoms with Crippen molar-refractivity contribution in [2.24, 2.45) is 5.92 Å². The van der Waals surface area contributed by atoms with Crippen LogP contribution in [0.4, 0.5) is 11.9 Å². The van der Waals surface area contributed by atoms with E-state index in [9.17, 15) is 14.4 Å². The second-order valence-electron chi connectivity index (χ2n) is 7.89. The van der Waals surface area contributed by atoms with Gasteiger partial charge in [0.25, 0.3) is 11.1 Å². The molecule has 5 rings (SSSR count). The number of carbonyl (C=O) groups excluding carboxylic acids is 1. The monoisotopic (exact) mass is 570 g/mol. The summed E-state index contributed by atoms with van der Waals surface area (Å²) in [5.41, 5.74) is 11.2. The van der Waals surface area contributed by atoms with Crippen molar-refractivity contribution in [2.45, 2.75) is 45.6 Å². The summed E-state index contributed by atoms with van der Waals surface area (Å²) in [6.45, 7) is 5.32. The maximum atomic E-state index is 12.1. The Hall–Kier alpha value is -2.99. The van der Waals surface area contributed by atoms with Crippen LogP contribution < -0.4 is 22.6 Å². The van der Waals surface area contributed by atoms with Gasteiger partial charge in [-0.2, -0.15) is 9.97 Å². The number of nitrogens with one attached hydrogen (secondary N) is 3. The van der Waals surface area contributed by atoms with E-state index in [0.29, 0.717) is 28.6 Å². The van der Waals surface area contributed by atoms with E-state index in [4.69, 9.17) is 45.4 Å². The van der Waals surface area contributed by atoms with Crippen LogP contribution in [0.3, 0.4) is 0 Å². The fourth-order valence-electron chi connectivity index (χ4n) is 3.93. The van der Waals surface area contributed by atoms with Gasteiger partial charge in [0, 0.05) is 12.8 Å². The molecule has 0 saturated carbocycles. The molecular weight excluding hydrogens is 549 g/mol. The molecule has 4 aromatic rings. The van der Waals surface area contributed by atoms with Crippen LogP contribution in [-0.4, -0.2) is 47.7 Å². The van der Waals surface area contributed by atoms with Gasteiger partial charge in [0.2, 0.25) is 11.9 Å². The van der Waals surface area contributed by atoms with Crippen LogP contribution in [0.2, 0.25) is 0 Å². The van der Waals surface area contributed by atoms with Crippen molar-refractivity contribution >= 4 is 85.7 Å². The third-order valence-corrected chi connectivity index (χ3v) is 8.07. The third kappa shape index (κ3) is 4.96. The van der Waals surface area contributed by atoms with Gasteiger partial charge in [-0.05, 0) is 30.9 Å². The number of anilines is 2. The lowest BCUT2D eigenvalue weighted by molar-refractivity contribution is -0.153. The Labute approximate surface area is 220 Å². The van der Waals surface area contributed by atoms with Gasteiger partial charge in [0.1, 0.15) is 9.40 Å². The average Bonchev–Trinajstić information content (AvgIpc) is 3.41. The molecule has 0 amide bonds. The highest BCUT2D eigenvalue weighted by atomic mass is 32.2. The number of thiazole rings is 2. The maximum absolute atomic E-state index is 12.1. The van der Waals surface area contributed by atoms with Gasteiger partial charge in [0.05, 0.1) is 6.10 Å². The van der Waals surface area contributed by atoms with Crippen molar-refractivity contribution in [3.8, 4) is 0 Å². The number of esters is 1. The Morgan fingerprint density at radius 2 is 1.75 bits per heavy atom. The second kappa shape index (κ2) is 10.2. The molecule has 1 aliphatic heterocycles. The first-order valence-electron chi connectivity index (χ1n) is 10.6. The lowest BCUT2D eigenvalue weighted by atomic mass is 9.98. The van der Waals surface area contributed by atoms with Crippen LogP contribution in [0.5, 0.6) is 0 Å². The first-order chi connectivity index (χ1) is 17.0. The summed E-state index contributed by atoms with van der Waals surface area (Å²) in [5, 5.41) is 0. The third-order valence-electron chi connectivity index (χ3n) is 5.46. The zero-order valence-electron chi connectivity index (χ0n) is 19.2. The quantitative estimate of drug-likeness (QED) is 0.179. The van der Waals surface area contributed by atoms with Gasteiger partial charge in [-0.1, -0.05) is 36.5 Å². The van der Waals surface area contributed by atoms with Crippen molar-refractivity contribution in [2.75, 3.05) is 11.5 Å². The van der Waals surface area contributed by atoms with E-state index in [2.05, 4.69) is 24.9 Å². The van der Waals surface area contributed by atoms with E-state index in [1.165, 1.54) is 18.3 Å². The van der Waals surface area contributed by atoms with Gasteiger partial charge in [-0.25, -0.2) is 0 Å². The molecule has 0 bridgehead atoms. The van der Waals surface area contributed by atoms with Crippen LogP contribution in [0.15, 0.2) is 9.59 Å². The number of hydrogen-bond acceptors (Lipinski definition) is 13. The maximum Gasteiger partial charge on any atom is 0.303 e. The Morgan fingerprint density at radius 3 is 2.39 bits per heavy atom. The number of nitrogens with zero attached hydrogens (tertiary/aromatic N) is 3. The summed E-state index contributed by atoms with van der Waals surface area (Å²) >= 11 is 12.6. The summed E-state index contributed by atoms with van der Waals surface area (Å²) in [6, 6.07) is 0. The van der Waals surface area contributed by atoms with Crippen molar-refractivity contribution in [3.05, 3.63) is 28.6 Å². The zero-order valence-corrected chi connectivity index (χ0v) is 22.5. The molecule has 0 radical (unpaired) electrons. The number of aromatic amines is 3. The number of ether oxygens (including phenoxy) is 2. The summed E-state index contributed by atoms with van der Waals surface area (Å²) in [5.74, 6) is -0.318. The second-order valence-corrected chi connectivity index (χ2v) is 11.2. The molecule has 0 aliphatic carbocycles. The summed E-state index contributed by atoms with van der Waals surface area (Å²) in [7, 11) is 0. The minimum atomic E-state index is -0.635. The van der Waals surface area contributed by atoms with Crippen molar-refractivity contribution in [3.63, 3.8) is 0 Å². The Kier molecular flexibility index (Phi) is 7.37. The van der Waals surface area contributed by atoms with E-state index in [1.54, 1.807) is 4.57 Å². The van der Waals surface area contributed by atoms with Crippen LogP contribution in [0.25, 0.3) is 20.7 Å². The highest BCUT2D eigenvalue weighted by Crippen LogP contribution is 2.39. The van der Waals surface area contributed by atoms with Crippen molar-refractivity contribution < 1.29 is 14.3 Å². The van der Waals surface area contributed by atoms with Crippen molar-refractivity contribution in [1.82, 2.24) is 29.5 Å². The fourth-order valence-corrected chi connectivity index (χ4v) is 6.23. The molecule has 17 heteroatoms. The number of nitrogens with two attached hydrogens (primary N) is 2. The molecule has 192 valence electrons. The molecule has 1 fully saturated rings. The minimum absolute atomic E-state index is 0.00354. The minimum Gasteiger partial charge on any atom is -0.457 e. The predicted molar refractivity (Wildman–Crippen MR) is 142 cm³/mol. The van der Waals surface area contributed by atoms with E-state index in [-0.39, 0.29) is 35.0 Å². The molecule has 13 nitrogen and oxygen atoms in total. The van der Waals surface area contributed by atoms with Gasteiger partial charge in [-0.15, -0.1) is 0 Å². The zero-order chi connectivity index (χ0) is 26.3. The smallest absolute Gasteiger partial charge is 0.303 e. The number of rotatable bonds is 3. The largest absolute Gasteiger partial charge is 0.457 e. The van der Waals surface area contributed by atoms with Crippen LogP contribution in [0.1, 0.15) is 33.4 Å². The van der Waals surface area contributed by atoms with Crippen LogP contribution in [0, 0.1) is 13.8 Å². The van der Waals surface area contributed by atoms with Gasteiger partial charge in [-0.3, -0.25) is 28.9 Å². The van der Waals surface area contributed by atoms with E-state index < -0.39 is 18.3 Å².